The van der Waals surface area contributed by atoms with E-state index in [0.29, 0.717) is 10.7 Å². The monoisotopic (exact) mass is 307 g/mol. The van der Waals surface area contributed by atoms with E-state index in [4.69, 9.17) is 16.3 Å². The molecule has 1 amide bonds. The minimum Gasteiger partial charge on any atom is -0.444 e. The molecule has 1 aliphatic rings. The zero-order valence-corrected chi connectivity index (χ0v) is 13.1. The van der Waals surface area contributed by atoms with Gasteiger partial charge in [0.25, 0.3) is 0 Å². The molecule has 0 aromatic heterocycles. The van der Waals surface area contributed by atoms with Gasteiger partial charge in [-0.1, -0.05) is 23.7 Å². The molecule has 1 N–H and O–H groups in total. The third-order valence-corrected chi connectivity index (χ3v) is 3.36. The third-order valence-electron chi connectivity index (χ3n) is 3.04. The molecule has 0 bridgehead atoms. The maximum absolute atomic E-state index is 11.9. The summed E-state index contributed by atoms with van der Waals surface area (Å²) in [5, 5.41) is 13.0. The van der Waals surface area contributed by atoms with Crippen LogP contribution in [0.3, 0.4) is 0 Å². The van der Waals surface area contributed by atoms with Gasteiger partial charge in [0.1, 0.15) is 5.60 Å². The Balaban J connectivity index is 2.00. The van der Waals surface area contributed by atoms with E-state index in [1.54, 1.807) is 12.1 Å². The lowest BCUT2D eigenvalue weighted by molar-refractivity contribution is 0.00356. The van der Waals surface area contributed by atoms with Crippen LogP contribution in [0.4, 0.5) is 10.5 Å². The van der Waals surface area contributed by atoms with Gasteiger partial charge in [-0.25, -0.2) is 4.79 Å². The van der Waals surface area contributed by atoms with Gasteiger partial charge in [0.05, 0.1) is 29.9 Å². The van der Waals surface area contributed by atoms with Gasteiger partial charge in [-0.15, -0.1) is 0 Å². The number of anilines is 1. The van der Waals surface area contributed by atoms with Crippen molar-refractivity contribution in [3.8, 4) is 6.07 Å². The van der Waals surface area contributed by atoms with Gasteiger partial charge in [-0.2, -0.15) is 5.26 Å². The molecule has 0 atom stereocenters. The van der Waals surface area contributed by atoms with Crippen molar-refractivity contribution in [3.63, 3.8) is 0 Å². The summed E-state index contributed by atoms with van der Waals surface area (Å²) in [7, 11) is 0. The van der Waals surface area contributed by atoms with Gasteiger partial charge >= 0.3 is 6.09 Å². The topological polar surface area (TPSA) is 65.4 Å². The average Bonchev–Trinajstić information content (AvgIpc) is 2.33. The maximum atomic E-state index is 11.9. The van der Waals surface area contributed by atoms with Crippen molar-refractivity contribution in [2.75, 3.05) is 18.4 Å². The number of benzene rings is 1. The summed E-state index contributed by atoms with van der Waals surface area (Å²) >= 11 is 6.08. The Morgan fingerprint density at radius 3 is 2.57 bits per heavy atom. The predicted octanol–water partition coefficient (Wildman–Crippen LogP) is 3.26. The molecule has 0 spiro atoms. The number of carbonyl (C=O) groups is 1. The molecule has 2 rings (SSSR count). The molecule has 0 aliphatic carbocycles. The number of ether oxygens (including phenoxy) is 1. The van der Waals surface area contributed by atoms with Crippen molar-refractivity contribution in [3.05, 3.63) is 29.3 Å². The lowest BCUT2D eigenvalue weighted by Gasteiger charge is -2.46. The van der Waals surface area contributed by atoms with Crippen molar-refractivity contribution in [2.45, 2.75) is 31.9 Å². The lowest BCUT2D eigenvalue weighted by Crippen LogP contribution is -2.67. The molecule has 1 heterocycles. The fraction of sp³-hybridized carbons (Fsp3) is 0.467. The van der Waals surface area contributed by atoms with Gasteiger partial charge in [0, 0.05) is 0 Å². The summed E-state index contributed by atoms with van der Waals surface area (Å²) in [6, 6.07) is 9.43. The van der Waals surface area contributed by atoms with Crippen molar-refractivity contribution < 1.29 is 9.53 Å². The molecule has 21 heavy (non-hydrogen) atoms. The Bertz CT molecular complexity index is 583. The first kappa shape index (κ1) is 15.5. The molecule has 1 aliphatic heterocycles. The summed E-state index contributed by atoms with van der Waals surface area (Å²) in [6.07, 6.45) is -0.408. The molecule has 0 radical (unpaired) electrons. The fourth-order valence-electron chi connectivity index (χ4n) is 2.06. The van der Waals surface area contributed by atoms with Gasteiger partial charge in [-0.3, -0.25) is 0 Å². The highest BCUT2D eigenvalue weighted by molar-refractivity contribution is 6.33. The van der Waals surface area contributed by atoms with Crippen LogP contribution in [0.5, 0.6) is 0 Å². The molecule has 112 valence electrons. The van der Waals surface area contributed by atoms with Crippen LogP contribution in [-0.4, -0.2) is 35.2 Å². The molecule has 1 aromatic rings. The first-order valence-electron chi connectivity index (χ1n) is 6.67. The molecule has 1 fully saturated rings. The van der Waals surface area contributed by atoms with Crippen LogP contribution in [0.1, 0.15) is 20.8 Å². The quantitative estimate of drug-likeness (QED) is 0.910. The number of hydrogen-bond acceptors (Lipinski definition) is 4. The zero-order valence-electron chi connectivity index (χ0n) is 12.3. The number of nitriles is 1. The number of carbonyl (C=O) groups excluding carboxylic acids is 1. The normalized spacial score (nSPS) is 16.6. The molecule has 1 saturated heterocycles. The summed E-state index contributed by atoms with van der Waals surface area (Å²) in [5.41, 5.74) is -0.676. The standard InChI is InChI=1S/C15H18ClN3O2/c1-14(2,3)21-13(20)19-9-15(8-17,10-19)18-12-7-5-4-6-11(12)16/h4-7,18H,9-10H2,1-3H3. The van der Waals surface area contributed by atoms with E-state index >= 15 is 0 Å². The highest BCUT2D eigenvalue weighted by Crippen LogP contribution is 2.30. The number of nitrogens with one attached hydrogen (secondary N) is 1. The Morgan fingerprint density at radius 2 is 2.05 bits per heavy atom. The van der Waals surface area contributed by atoms with E-state index in [1.807, 2.05) is 32.9 Å². The van der Waals surface area contributed by atoms with Gasteiger partial charge in [-0.05, 0) is 32.9 Å². The Labute approximate surface area is 129 Å². The highest BCUT2D eigenvalue weighted by Gasteiger charge is 2.47. The first-order chi connectivity index (χ1) is 9.75. The van der Waals surface area contributed by atoms with Crippen LogP contribution in [0.2, 0.25) is 5.02 Å². The molecular formula is C15H18ClN3O2. The van der Waals surface area contributed by atoms with E-state index in [1.165, 1.54) is 4.90 Å². The molecule has 5 nitrogen and oxygen atoms in total. The van der Waals surface area contributed by atoms with Crippen molar-refractivity contribution in [2.24, 2.45) is 0 Å². The number of likely N-dealkylation sites (tertiary alicyclic amines) is 1. The molecule has 0 unspecified atom stereocenters. The van der Waals surface area contributed by atoms with E-state index in [-0.39, 0.29) is 13.1 Å². The molecule has 0 saturated carbocycles. The van der Waals surface area contributed by atoms with E-state index in [0.717, 1.165) is 0 Å². The van der Waals surface area contributed by atoms with Gasteiger partial charge < -0.3 is 15.0 Å². The molecule has 1 aromatic carbocycles. The highest BCUT2D eigenvalue weighted by atomic mass is 35.5. The lowest BCUT2D eigenvalue weighted by atomic mass is 9.91. The Kier molecular flexibility index (Phi) is 4.02. The smallest absolute Gasteiger partial charge is 0.410 e. The zero-order chi connectivity index (χ0) is 15.7. The minimum absolute atomic E-state index is 0.267. The van der Waals surface area contributed by atoms with Crippen LogP contribution in [0.15, 0.2) is 24.3 Å². The largest absolute Gasteiger partial charge is 0.444 e. The average molecular weight is 308 g/mol. The summed E-state index contributed by atoms with van der Waals surface area (Å²) in [5.74, 6) is 0. The fourth-order valence-corrected chi connectivity index (χ4v) is 2.24. The molecule has 6 heteroatoms. The Hall–Kier alpha value is -1.93. The van der Waals surface area contributed by atoms with Crippen LogP contribution >= 0.6 is 11.6 Å². The second-order valence-electron chi connectivity index (χ2n) is 6.14. The SMILES string of the molecule is CC(C)(C)OC(=O)N1CC(C#N)(Nc2ccccc2Cl)C1. The van der Waals surface area contributed by atoms with Crippen LogP contribution in [0, 0.1) is 11.3 Å². The van der Waals surface area contributed by atoms with E-state index in [9.17, 15) is 10.1 Å². The first-order valence-corrected chi connectivity index (χ1v) is 7.04. The molecular weight excluding hydrogens is 290 g/mol. The van der Waals surface area contributed by atoms with E-state index < -0.39 is 17.2 Å². The number of hydrogen-bond donors (Lipinski definition) is 1. The van der Waals surface area contributed by atoms with Crippen LogP contribution in [-0.2, 0) is 4.74 Å². The number of para-hydroxylation sites is 1. The van der Waals surface area contributed by atoms with Gasteiger partial charge in [0.15, 0.2) is 5.54 Å². The van der Waals surface area contributed by atoms with Crippen LogP contribution < -0.4 is 5.32 Å². The van der Waals surface area contributed by atoms with E-state index in [2.05, 4.69) is 11.4 Å². The number of halogens is 1. The van der Waals surface area contributed by atoms with Crippen LogP contribution in [0.25, 0.3) is 0 Å². The minimum atomic E-state index is -0.818. The summed E-state index contributed by atoms with van der Waals surface area (Å²) in [6.45, 7) is 5.96. The second kappa shape index (κ2) is 5.45. The van der Waals surface area contributed by atoms with Crippen molar-refractivity contribution >= 4 is 23.4 Å². The van der Waals surface area contributed by atoms with Crippen molar-refractivity contribution in [1.29, 1.82) is 5.26 Å². The second-order valence-corrected chi connectivity index (χ2v) is 6.54. The summed E-state index contributed by atoms with van der Waals surface area (Å²) < 4.78 is 5.28. The van der Waals surface area contributed by atoms with Gasteiger partial charge in [0.2, 0.25) is 0 Å². The maximum Gasteiger partial charge on any atom is 0.410 e. The Morgan fingerprint density at radius 1 is 1.43 bits per heavy atom. The summed E-state index contributed by atoms with van der Waals surface area (Å²) in [4.78, 5) is 13.4. The predicted molar refractivity (Wildman–Crippen MR) is 81.2 cm³/mol. The van der Waals surface area contributed by atoms with Crippen molar-refractivity contribution in [1.82, 2.24) is 4.90 Å². The number of amides is 1. The number of nitrogens with zero attached hydrogens (tertiary/aromatic N) is 2. The number of rotatable bonds is 2. The third kappa shape index (κ3) is 3.59.